The third-order valence-corrected chi connectivity index (χ3v) is 6.22. The summed E-state index contributed by atoms with van der Waals surface area (Å²) in [6.45, 7) is 6.05. The van der Waals surface area contributed by atoms with Gasteiger partial charge in [0, 0.05) is 65.6 Å². The van der Waals surface area contributed by atoms with Crippen LogP contribution in [0.4, 0.5) is 0 Å². The van der Waals surface area contributed by atoms with Gasteiger partial charge < -0.3 is 24.4 Å². The molecule has 0 unspecified atom stereocenters. The van der Waals surface area contributed by atoms with Crippen molar-refractivity contribution in [2.24, 2.45) is 4.99 Å². The lowest BCUT2D eigenvalue weighted by molar-refractivity contribution is 0.00968. The number of ether oxygens (including phenoxy) is 3. The molecule has 1 N–H and O–H groups in total. The topological polar surface area (TPSA) is 55.3 Å². The summed E-state index contributed by atoms with van der Waals surface area (Å²) in [4.78, 5) is 6.94. The van der Waals surface area contributed by atoms with Crippen molar-refractivity contribution in [3.05, 3.63) is 35.9 Å². The molecule has 6 nitrogen and oxygen atoms in total. The summed E-state index contributed by atoms with van der Waals surface area (Å²) in [6.07, 6.45) is 5.49. The highest BCUT2D eigenvalue weighted by molar-refractivity contribution is 14.0. The molecule has 0 radical (unpaired) electrons. The van der Waals surface area contributed by atoms with E-state index in [1.54, 1.807) is 7.11 Å². The molecule has 0 atom stereocenters. The number of rotatable bonds is 8. The molecular formula is C23H38IN3O3. The Kier molecular flexibility index (Phi) is 11.4. The molecule has 2 heterocycles. The second-order valence-corrected chi connectivity index (χ2v) is 8.06. The van der Waals surface area contributed by atoms with Gasteiger partial charge in [-0.05, 0) is 37.7 Å². The Bertz CT molecular complexity index is 615. The zero-order valence-electron chi connectivity index (χ0n) is 18.5. The minimum absolute atomic E-state index is 0. The molecule has 2 aliphatic heterocycles. The maximum absolute atomic E-state index is 5.99. The van der Waals surface area contributed by atoms with Gasteiger partial charge in [0.05, 0.1) is 6.10 Å². The van der Waals surface area contributed by atoms with Crippen molar-refractivity contribution in [2.75, 3.05) is 60.2 Å². The maximum atomic E-state index is 5.99. The molecule has 0 bridgehead atoms. The molecule has 0 aromatic heterocycles. The number of hydrogen-bond acceptors (Lipinski definition) is 4. The Morgan fingerprint density at radius 1 is 1.17 bits per heavy atom. The van der Waals surface area contributed by atoms with Crippen molar-refractivity contribution >= 4 is 29.9 Å². The Labute approximate surface area is 198 Å². The normalized spacial score (nSPS) is 19.9. The van der Waals surface area contributed by atoms with Gasteiger partial charge in [0.1, 0.15) is 0 Å². The van der Waals surface area contributed by atoms with Gasteiger partial charge >= 0.3 is 0 Å². The average molecular weight is 531 g/mol. The molecule has 3 rings (SSSR count). The second-order valence-electron chi connectivity index (χ2n) is 8.06. The van der Waals surface area contributed by atoms with Gasteiger partial charge in [-0.25, -0.2) is 0 Å². The predicted octanol–water partition coefficient (Wildman–Crippen LogP) is 3.45. The number of hydrogen-bond donors (Lipinski definition) is 1. The highest BCUT2D eigenvalue weighted by Gasteiger charge is 2.35. The number of nitrogens with one attached hydrogen (secondary N) is 1. The first kappa shape index (κ1) is 25.4. The first-order valence-corrected chi connectivity index (χ1v) is 11.0. The molecule has 2 aliphatic rings. The molecule has 2 fully saturated rings. The highest BCUT2D eigenvalue weighted by atomic mass is 127. The third-order valence-electron chi connectivity index (χ3n) is 6.22. The number of guanidine groups is 1. The van der Waals surface area contributed by atoms with Crippen LogP contribution in [0.2, 0.25) is 0 Å². The molecule has 1 aromatic rings. The summed E-state index contributed by atoms with van der Waals surface area (Å²) in [5.41, 5.74) is 1.51. The quantitative estimate of drug-likeness (QED) is 0.241. The average Bonchev–Trinajstić information content (AvgIpc) is 2.79. The smallest absolute Gasteiger partial charge is 0.193 e. The number of nitrogens with zero attached hydrogens (tertiary/aromatic N) is 2. The van der Waals surface area contributed by atoms with Crippen molar-refractivity contribution in [2.45, 2.75) is 43.6 Å². The van der Waals surface area contributed by atoms with Crippen LogP contribution in [0.25, 0.3) is 0 Å². The summed E-state index contributed by atoms with van der Waals surface area (Å²) < 4.78 is 16.8. The molecule has 2 saturated heterocycles. The maximum Gasteiger partial charge on any atom is 0.193 e. The van der Waals surface area contributed by atoms with Crippen LogP contribution in [0.1, 0.15) is 37.7 Å². The number of likely N-dealkylation sites (tertiary alicyclic amines) is 1. The van der Waals surface area contributed by atoms with Gasteiger partial charge in [-0.15, -0.1) is 24.0 Å². The molecule has 7 heteroatoms. The van der Waals surface area contributed by atoms with Crippen molar-refractivity contribution in [3.63, 3.8) is 0 Å². The SMILES string of the molecule is CN=C(NCC1(c2ccccc2)CCOCC1)N1CCC(OCCCOC)CC1.I. The van der Waals surface area contributed by atoms with Crippen molar-refractivity contribution in [1.29, 1.82) is 0 Å². The monoisotopic (exact) mass is 531 g/mol. The van der Waals surface area contributed by atoms with Crippen LogP contribution in [-0.4, -0.2) is 77.2 Å². The van der Waals surface area contributed by atoms with E-state index in [2.05, 4.69) is 45.5 Å². The zero-order chi connectivity index (χ0) is 20.4. The third kappa shape index (κ3) is 7.07. The minimum Gasteiger partial charge on any atom is -0.385 e. The van der Waals surface area contributed by atoms with Gasteiger partial charge in [-0.3, -0.25) is 4.99 Å². The number of benzene rings is 1. The van der Waals surface area contributed by atoms with Crippen LogP contribution in [0, 0.1) is 0 Å². The summed E-state index contributed by atoms with van der Waals surface area (Å²) in [7, 11) is 3.62. The fraction of sp³-hybridized carbons (Fsp3) is 0.696. The van der Waals surface area contributed by atoms with E-state index >= 15 is 0 Å². The van der Waals surface area contributed by atoms with E-state index in [1.165, 1.54) is 5.56 Å². The summed E-state index contributed by atoms with van der Waals surface area (Å²) in [6, 6.07) is 10.9. The van der Waals surface area contributed by atoms with Gasteiger partial charge in [0.2, 0.25) is 0 Å². The molecule has 170 valence electrons. The molecular weight excluding hydrogens is 493 g/mol. The summed E-state index contributed by atoms with van der Waals surface area (Å²) in [5.74, 6) is 1.00. The second kappa shape index (κ2) is 13.5. The molecule has 30 heavy (non-hydrogen) atoms. The first-order valence-electron chi connectivity index (χ1n) is 11.0. The number of halogens is 1. The lowest BCUT2D eigenvalue weighted by atomic mass is 9.74. The van der Waals surface area contributed by atoms with Crippen molar-refractivity contribution < 1.29 is 14.2 Å². The number of piperidine rings is 1. The number of aliphatic imine (C=N–C) groups is 1. The van der Waals surface area contributed by atoms with Crippen LogP contribution in [-0.2, 0) is 19.6 Å². The van der Waals surface area contributed by atoms with Crippen LogP contribution >= 0.6 is 24.0 Å². The minimum atomic E-state index is 0. The van der Waals surface area contributed by atoms with Gasteiger partial charge in [0.25, 0.3) is 0 Å². The predicted molar refractivity (Wildman–Crippen MR) is 132 cm³/mol. The van der Waals surface area contributed by atoms with Crippen molar-refractivity contribution in [1.82, 2.24) is 10.2 Å². The van der Waals surface area contributed by atoms with Crippen LogP contribution < -0.4 is 5.32 Å². The van der Waals surface area contributed by atoms with E-state index < -0.39 is 0 Å². The Hall–Kier alpha value is -0.900. The molecule has 1 aromatic carbocycles. The Morgan fingerprint density at radius 3 is 2.50 bits per heavy atom. The standard InChI is InChI=1S/C23H37N3O3.HI/c1-24-22(26-13-9-21(10-14-26)29-16-6-15-27-2)25-19-23(11-17-28-18-12-23)20-7-4-3-5-8-20;/h3-5,7-8,21H,6,9-19H2,1-2H3,(H,24,25);1H. The lowest BCUT2D eigenvalue weighted by Crippen LogP contribution is -2.51. The highest BCUT2D eigenvalue weighted by Crippen LogP contribution is 2.34. The summed E-state index contributed by atoms with van der Waals surface area (Å²) in [5, 5.41) is 3.69. The number of methoxy groups -OCH3 is 1. The van der Waals surface area contributed by atoms with Gasteiger partial charge in [-0.1, -0.05) is 30.3 Å². The molecule has 0 amide bonds. The van der Waals surface area contributed by atoms with Crippen molar-refractivity contribution in [3.8, 4) is 0 Å². The van der Waals surface area contributed by atoms with Gasteiger partial charge in [-0.2, -0.15) is 0 Å². The van der Waals surface area contributed by atoms with Crippen LogP contribution in [0.15, 0.2) is 35.3 Å². The lowest BCUT2D eigenvalue weighted by Gasteiger charge is -2.40. The van der Waals surface area contributed by atoms with E-state index in [4.69, 9.17) is 14.2 Å². The fourth-order valence-corrected chi connectivity index (χ4v) is 4.39. The molecule has 0 spiro atoms. The van der Waals surface area contributed by atoms with E-state index in [0.29, 0.717) is 6.10 Å². The Morgan fingerprint density at radius 2 is 1.87 bits per heavy atom. The van der Waals surface area contributed by atoms with E-state index in [9.17, 15) is 0 Å². The summed E-state index contributed by atoms with van der Waals surface area (Å²) >= 11 is 0. The van der Waals surface area contributed by atoms with E-state index in [1.807, 2.05) is 7.05 Å². The fourth-order valence-electron chi connectivity index (χ4n) is 4.39. The first-order chi connectivity index (χ1) is 14.3. The molecule has 0 aliphatic carbocycles. The van der Waals surface area contributed by atoms with Gasteiger partial charge in [0.15, 0.2) is 5.96 Å². The van der Waals surface area contributed by atoms with E-state index in [0.717, 1.165) is 84.1 Å². The largest absolute Gasteiger partial charge is 0.385 e. The van der Waals surface area contributed by atoms with E-state index in [-0.39, 0.29) is 29.4 Å². The Balaban J connectivity index is 0.00000320. The van der Waals surface area contributed by atoms with Crippen LogP contribution in [0.3, 0.4) is 0 Å². The zero-order valence-corrected chi connectivity index (χ0v) is 20.8. The van der Waals surface area contributed by atoms with Crippen LogP contribution in [0.5, 0.6) is 0 Å². The molecule has 0 saturated carbocycles.